The number of amides is 1. The summed E-state index contributed by atoms with van der Waals surface area (Å²) in [5.74, 6) is -0.279. The lowest BCUT2D eigenvalue weighted by molar-refractivity contribution is -0.379. The molecule has 0 aromatic carbocycles. The van der Waals surface area contributed by atoms with E-state index >= 15 is 0 Å². The Hall–Kier alpha value is -1.73. The highest BCUT2D eigenvalue weighted by atomic mass is 16.8. The van der Waals surface area contributed by atoms with E-state index in [2.05, 4.69) is 31.3 Å². The Labute approximate surface area is 575 Å². The summed E-state index contributed by atoms with van der Waals surface area (Å²) in [6.45, 7) is 1.75. The van der Waals surface area contributed by atoms with Crippen molar-refractivity contribution in [2.24, 2.45) is 0 Å². The summed E-state index contributed by atoms with van der Waals surface area (Å²) in [7, 11) is 0. The lowest BCUT2D eigenvalue weighted by Gasteiger charge is -2.48. The molecule has 3 rings (SSSR count). The first-order chi connectivity index (χ1) is 46.3. The topological polar surface area (TPSA) is 307 Å². The van der Waals surface area contributed by atoms with Crippen LogP contribution in [-0.2, 0) is 33.2 Å². The van der Waals surface area contributed by atoms with Crippen LogP contribution in [0, 0.1) is 0 Å². The van der Waals surface area contributed by atoms with Gasteiger partial charge in [-0.2, -0.15) is 0 Å². The van der Waals surface area contributed by atoms with Gasteiger partial charge in [0.15, 0.2) is 18.9 Å². The van der Waals surface area contributed by atoms with Gasteiger partial charge in [-0.3, -0.25) is 4.79 Å². The lowest BCUT2D eigenvalue weighted by atomic mass is 9.96. The summed E-state index contributed by atoms with van der Waals surface area (Å²) >= 11 is 0. The predicted molar refractivity (Wildman–Crippen MR) is 374 cm³/mol. The van der Waals surface area contributed by atoms with E-state index in [9.17, 15) is 61.0 Å². The first-order valence-electron chi connectivity index (χ1n) is 39.1. The van der Waals surface area contributed by atoms with E-state index < -0.39 is 124 Å². The van der Waals surface area contributed by atoms with E-state index in [1.165, 1.54) is 250 Å². The molecule has 0 aromatic rings. The molecule has 560 valence electrons. The summed E-state index contributed by atoms with van der Waals surface area (Å²) in [4.78, 5) is 13.4. The fraction of sp³-hybridized carbons (Fsp3) is 0.934. The molecule has 0 spiro atoms. The molecule has 1 amide bonds. The quantitative estimate of drug-likeness (QED) is 0.0199. The van der Waals surface area contributed by atoms with Crippen LogP contribution >= 0.6 is 0 Å². The molecule has 3 saturated heterocycles. The van der Waals surface area contributed by atoms with Crippen LogP contribution in [0.25, 0.3) is 0 Å². The third-order valence-corrected chi connectivity index (χ3v) is 19.8. The van der Waals surface area contributed by atoms with Crippen molar-refractivity contribution in [3.63, 3.8) is 0 Å². The van der Waals surface area contributed by atoms with Gasteiger partial charge < -0.3 is 89.9 Å². The van der Waals surface area contributed by atoms with Crippen molar-refractivity contribution in [3.8, 4) is 0 Å². The van der Waals surface area contributed by atoms with Gasteiger partial charge in [0.2, 0.25) is 5.91 Å². The fourth-order valence-electron chi connectivity index (χ4n) is 13.4. The largest absolute Gasteiger partial charge is 0.394 e. The zero-order valence-corrected chi connectivity index (χ0v) is 59.7. The number of carbonyl (C=O) groups is 1. The van der Waals surface area contributed by atoms with Gasteiger partial charge in [0, 0.05) is 6.42 Å². The number of rotatable bonds is 62. The summed E-state index contributed by atoms with van der Waals surface area (Å²) in [6.07, 6.45) is 41.9. The maximum Gasteiger partial charge on any atom is 0.220 e. The monoisotopic (exact) mass is 1360 g/mol. The molecule has 19 nitrogen and oxygen atoms in total. The van der Waals surface area contributed by atoms with Gasteiger partial charge in [-0.05, 0) is 32.1 Å². The molecule has 95 heavy (non-hydrogen) atoms. The highest BCUT2D eigenvalue weighted by Crippen LogP contribution is 2.33. The third-order valence-electron chi connectivity index (χ3n) is 19.8. The number of carbonyl (C=O) groups excluding carboxylic acids is 1. The van der Waals surface area contributed by atoms with E-state index in [0.717, 1.165) is 38.5 Å². The van der Waals surface area contributed by atoms with Gasteiger partial charge in [0.05, 0.1) is 38.6 Å². The van der Waals surface area contributed by atoms with Gasteiger partial charge in [-0.25, -0.2) is 0 Å². The van der Waals surface area contributed by atoms with Crippen molar-refractivity contribution in [1.29, 1.82) is 0 Å². The van der Waals surface area contributed by atoms with Crippen LogP contribution in [0.15, 0.2) is 24.3 Å². The van der Waals surface area contributed by atoms with Gasteiger partial charge in [0.25, 0.3) is 0 Å². The predicted octanol–water partition coefficient (Wildman–Crippen LogP) is 12.2. The molecule has 19 heteroatoms. The Balaban J connectivity index is 1.34. The average Bonchev–Trinajstić information content (AvgIpc) is 0.786. The smallest absolute Gasteiger partial charge is 0.220 e. The molecule has 3 heterocycles. The van der Waals surface area contributed by atoms with Crippen LogP contribution in [0.2, 0.25) is 0 Å². The second kappa shape index (κ2) is 57.8. The average molecular weight is 1360 g/mol. The summed E-state index contributed by atoms with van der Waals surface area (Å²) in [5.41, 5.74) is 0. The summed E-state index contributed by atoms with van der Waals surface area (Å²) in [5, 5.41) is 121. The minimum absolute atomic E-state index is 0.241. The molecule has 3 fully saturated rings. The van der Waals surface area contributed by atoms with Crippen molar-refractivity contribution in [3.05, 3.63) is 24.3 Å². The first kappa shape index (κ1) is 87.5. The molecule has 3 aliphatic rings. The standard InChI is InChI=1S/C76H143NO18/c1-3-5-7-9-11-13-15-17-19-21-22-23-24-25-26-27-28-29-30-31-32-33-34-35-36-37-38-40-42-44-46-48-50-52-54-64(82)77-59(60(81)53-51-49-47-45-43-41-39-20-18-16-14-12-10-8-6-4-2)58-90-74-70(88)67(85)72(62(56-79)92-74)95-76-71(89)68(86)73(63(57-80)93-76)94-75-69(87)66(84)65(83)61(55-78)91-75/h43,45,51,53,59-63,65-76,78-81,83-89H,3-42,44,46-50,52,54-58H2,1-2H3,(H,77,82)/b45-43+,53-51+. The molecular formula is C76H143NO18. The van der Waals surface area contributed by atoms with E-state index in [4.69, 9.17) is 28.4 Å². The molecule has 17 atom stereocenters. The van der Waals surface area contributed by atoms with Crippen molar-refractivity contribution in [2.45, 2.75) is 426 Å². The maximum atomic E-state index is 13.4. The Morgan fingerprint density at radius 2 is 0.674 bits per heavy atom. The second-order valence-corrected chi connectivity index (χ2v) is 28.2. The Bertz CT molecular complexity index is 1810. The fourth-order valence-corrected chi connectivity index (χ4v) is 13.4. The molecule has 17 unspecified atom stereocenters. The number of unbranched alkanes of at least 4 members (excludes halogenated alkanes) is 44. The molecule has 3 aliphatic heterocycles. The minimum atomic E-state index is -1.98. The van der Waals surface area contributed by atoms with Crippen LogP contribution in [0.1, 0.15) is 322 Å². The first-order valence-corrected chi connectivity index (χ1v) is 39.1. The number of ether oxygens (including phenoxy) is 6. The van der Waals surface area contributed by atoms with E-state index in [0.29, 0.717) is 12.8 Å². The van der Waals surface area contributed by atoms with Crippen LogP contribution in [0.3, 0.4) is 0 Å². The maximum absolute atomic E-state index is 13.4. The highest BCUT2D eigenvalue weighted by molar-refractivity contribution is 5.76. The number of allylic oxidation sites excluding steroid dienone is 3. The van der Waals surface area contributed by atoms with Crippen molar-refractivity contribution in [2.75, 3.05) is 26.4 Å². The normalized spacial score (nSPS) is 27.3. The summed E-state index contributed by atoms with van der Waals surface area (Å²) in [6, 6.07) is -0.987. The number of hydrogen-bond donors (Lipinski definition) is 12. The number of hydrogen-bond acceptors (Lipinski definition) is 18. The molecule has 0 radical (unpaired) electrons. The van der Waals surface area contributed by atoms with Crippen molar-refractivity contribution in [1.82, 2.24) is 5.32 Å². The molecule has 0 aromatic heterocycles. The Kier molecular flexibility index (Phi) is 53.3. The van der Waals surface area contributed by atoms with E-state index in [-0.39, 0.29) is 18.9 Å². The molecule has 12 N–H and O–H groups in total. The van der Waals surface area contributed by atoms with Gasteiger partial charge in [0.1, 0.15) is 73.2 Å². The van der Waals surface area contributed by atoms with E-state index in [1.54, 1.807) is 6.08 Å². The molecule has 0 bridgehead atoms. The molecule has 0 saturated carbocycles. The molecule has 0 aliphatic carbocycles. The Morgan fingerprint density at radius 1 is 0.368 bits per heavy atom. The SMILES string of the molecule is CCCCCCCCCCCC/C=C/CC/C=C/C(O)C(COC1OC(CO)C(OC2OC(CO)C(OC3OC(CO)C(O)C(O)C3O)C(O)C2O)C(O)C1O)NC(=O)CCCCCCCCCCCCCCCCCCCCCCCCCCCCCCCCCCCC. The number of nitrogens with one attached hydrogen (secondary N) is 1. The van der Waals surface area contributed by atoms with E-state index in [1.807, 2.05) is 6.08 Å². The summed E-state index contributed by atoms with van der Waals surface area (Å²) < 4.78 is 34.4. The number of aliphatic hydroxyl groups is 11. The minimum Gasteiger partial charge on any atom is -0.394 e. The van der Waals surface area contributed by atoms with Crippen LogP contribution < -0.4 is 5.32 Å². The highest BCUT2D eigenvalue weighted by Gasteiger charge is 2.53. The van der Waals surface area contributed by atoms with Crippen LogP contribution in [0.5, 0.6) is 0 Å². The zero-order valence-electron chi connectivity index (χ0n) is 59.7. The lowest BCUT2D eigenvalue weighted by Crippen LogP contribution is -2.66. The third kappa shape index (κ3) is 38.8. The number of aliphatic hydroxyl groups excluding tert-OH is 11. The van der Waals surface area contributed by atoms with Crippen LogP contribution in [0.4, 0.5) is 0 Å². The van der Waals surface area contributed by atoms with Gasteiger partial charge >= 0.3 is 0 Å². The van der Waals surface area contributed by atoms with Gasteiger partial charge in [-0.15, -0.1) is 0 Å². The second-order valence-electron chi connectivity index (χ2n) is 28.2. The van der Waals surface area contributed by atoms with Crippen molar-refractivity contribution >= 4 is 5.91 Å². The molecular weight excluding hydrogens is 1210 g/mol. The van der Waals surface area contributed by atoms with Crippen molar-refractivity contribution < 1.29 is 89.4 Å². The zero-order chi connectivity index (χ0) is 68.9. The Morgan fingerprint density at radius 3 is 1.05 bits per heavy atom. The van der Waals surface area contributed by atoms with Crippen LogP contribution in [-0.4, -0.2) is 193 Å². The van der Waals surface area contributed by atoms with Gasteiger partial charge in [-0.1, -0.05) is 308 Å².